The molecule has 0 spiro atoms. The van der Waals surface area contributed by atoms with Crippen molar-refractivity contribution in [2.45, 2.75) is 58.2 Å². The molecule has 0 radical (unpaired) electrons. The van der Waals surface area contributed by atoms with Crippen LogP contribution in [-0.4, -0.2) is 19.7 Å². The molecular formula is C11H22N2O2S. The average molecular weight is 246 g/mol. The number of hydrogen-bond donors (Lipinski definition) is 1. The molecule has 0 aliphatic carbocycles. The van der Waals surface area contributed by atoms with Crippen LogP contribution >= 0.6 is 0 Å². The van der Waals surface area contributed by atoms with Gasteiger partial charge in [0.05, 0.1) is 6.07 Å². The first-order valence-corrected chi connectivity index (χ1v) is 7.25. The molecule has 0 aliphatic rings. The van der Waals surface area contributed by atoms with Crippen LogP contribution in [0.15, 0.2) is 0 Å². The molecule has 0 aromatic rings. The van der Waals surface area contributed by atoms with Crippen LogP contribution in [0.25, 0.3) is 0 Å². The van der Waals surface area contributed by atoms with Crippen LogP contribution in [0.3, 0.4) is 0 Å². The van der Waals surface area contributed by atoms with Gasteiger partial charge in [-0.3, -0.25) is 0 Å². The number of nitrogens with one attached hydrogen (secondary N) is 1. The molecule has 4 nitrogen and oxygen atoms in total. The van der Waals surface area contributed by atoms with Gasteiger partial charge in [0.2, 0.25) is 10.0 Å². The monoisotopic (exact) mass is 246 g/mol. The maximum atomic E-state index is 11.5. The molecule has 2 atom stereocenters. The van der Waals surface area contributed by atoms with Gasteiger partial charge in [0.15, 0.2) is 5.25 Å². The SMILES string of the molecule is CC(C)CCCC(C)NS(=O)(=O)C(C)C#N. The number of sulfonamides is 1. The number of rotatable bonds is 7. The summed E-state index contributed by atoms with van der Waals surface area (Å²) >= 11 is 0. The summed E-state index contributed by atoms with van der Waals surface area (Å²) in [6.45, 7) is 7.52. The molecule has 0 heterocycles. The van der Waals surface area contributed by atoms with E-state index in [1.165, 1.54) is 6.92 Å². The molecule has 2 unspecified atom stereocenters. The molecule has 0 fully saturated rings. The Bertz CT molecular complexity index is 330. The minimum Gasteiger partial charge on any atom is -0.211 e. The summed E-state index contributed by atoms with van der Waals surface area (Å²) in [5, 5.41) is 7.58. The average Bonchev–Trinajstić information content (AvgIpc) is 2.14. The predicted molar refractivity (Wildman–Crippen MR) is 65.3 cm³/mol. The zero-order valence-electron chi connectivity index (χ0n) is 10.5. The van der Waals surface area contributed by atoms with E-state index < -0.39 is 15.3 Å². The third kappa shape index (κ3) is 6.09. The first-order valence-electron chi connectivity index (χ1n) is 5.70. The van der Waals surface area contributed by atoms with Crippen molar-refractivity contribution in [1.82, 2.24) is 4.72 Å². The lowest BCUT2D eigenvalue weighted by Gasteiger charge is -2.15. The van der Waals surface area contributed by atoms with Crippen molar-refractivity contribution in [2.24, 2.45) is 5.92 Å². The smallest absolute Gasteiger partial charge is 0.211 e. The molecule has 0 aliphatic heterocycles. The van der Waals surface area contributed by atoms with E-state index in [0.29, 0.717) is 5.92 Å². The zero-order valence-corrected chi connectivity index (χ0v) is 11.3. The predicted octanol–water partition coefficient (Wildman–Crippen LogP) is 2.03. The van der Waals surface area contributed by atoms with Gasteiger partial charge in [-0.1, -0.05) is 26.7 Å². The lowest BCUT2D eigenvalue weighted by molar-refractivity contribution is 0.487. The Labute approximate surface area is 99.1 Å². The Balaban J connectivity index is 4.06. The van der Waals surface area contributed by atoms with E-state index in [2.05, 4.69) is 18.6 Å². The van der Waals surface area contributed by atoms with E-state index in [1.807, 2.05) is 6.92 Å². The molecule has 0 bridgehead atoms. The van der Waals surface area contributed by atoms with E-state index in [9.17, 15) is 8.42 Å². The second-order valence-corrected chi connectivity index (χ2v) is 6.69. The summed E-state index contributed by atoms with van der Waals surface area (Å²) in [5.74, 6) is 0.641. The normalized spacial score (nSPS) is 15.8. The molecular weight excluding hydrogens is 224 g/mol. The lowest BCUT2D eigenvalue weighted by Crippen LogP contribution is -2.37. The van der Waals surface area contributed by atoms with Crippen molar-refractivity contribution < 1.29 is 8.42 Å². The molecule has 16 heavy (non-hydrogen) atoms. The zero-order chi connectivity index (χ0) is 12.8. The minimum atomic E-state index is -3.47. The summed E-state index contributed by atoms with van der Waals surface area (Å²) in [6.07, 6.45) is 2.91. The Morgan fingerprint density at radius 2 is 1.75 bits per heavy atom. The molecule has 0 rings (SSSR count). The molecule has 5 heteroatoms. The highest BCUT2D eigenvalue weighted by Crippen LogP contribution is 2.09. The van der Waals surface area contributed by atoms with Crippen LogP contribution < -0.4 is 4.72 Å². The van der Waals surface area contributed by atoms with Gasteiger partial charge < -0.3 is 0 Å². The topological polar surface area (TPSA) is 70.0 Å². The fourth-order valence-electron chi connectivity index (χ4n) is 1.34. The third-order valence-electron chi connectivity index (χ3n) is 2.43. The van der Waals surface area contributed by atoms with Crippen molar-refractivity contribution in [2.75, 3.05) is 0 Å². The van der Waals surface area contributed by atoms with E-state index in [1.54, 1.807) is 6.07 Å². The maximum Gasteiger partial charge on any atom is 0.227 e. The van der Waals surface area contributed by atoms with E-state index in [4.69, 9.17) is 5.26 Å². The van der Waals surface area contributed by atoms with Gasteiger partial charge in [-0.2, -0.15) is 5.26 Å². The van der Waals surface area contributed by atoms with Crippen molar-refractivity contribution >= 4 is 10.0 Å². The van der Waals surface area contributed by atoms with Crippen LogP contribution in [-0.2, 0) is 10.0 Å². The first-order chi connectivity index (χ1) is 7.29. The molecule has 0 amide bonds. The molecule has 0 aromatic carbocycles. The number of nitriles is 1. The van der Waals surface area contributed by atoms with Crippen LogP contribution in [0.2, 0.25) is 0 Å². The van der Waals surface area contributed by atoms with Crippen LogP contribution in [0.5, 0.6) is 0 Å². The Kier molecular flexibility index (Phi) is 6.61. The van der Waals surface area contributed by atoms with Crippen LogP contribution in [0, 0.1) is 17.2 Å². The molecule has 0 aromatic heterocycles. The quantitative estimate of drug-likeness (QED) is 0.747. The van der Waals surface area contributed by atoms with Gasteiger partial charge in [0.1, 0.15) is 0 Å². The van der Waals surface area contributed by atoms with Gasteiger partial charge in [-0.25, -0.2) is 13.1 Å². The van der Waals surface area contributed by atoms with Gasteiger partial charge in [0, 0.05) is 6.04 Å². The lowest BCUT2D eigenvalue weighted by atomic mass is 10.0. The highest BCUT2D eigenvalue weighted by Gasteiger charge is 2.21. The Morgan fingerprint density at radius 1 is 1.19 bits per heavy atom. The van der Waals surface area contributed by atoms with Crippen LogP contribution in [0.4, 0.5) is 0 Å². The molecule has 94 valence electrons. The second kappa shape index (κ2) is 6.87. The summed E-state index contributed by atoms with van der Waals surface area (Å²) in [4.78, 5) is 0. The van der Waals surface area contributed by atoms with Gasteiger partial charge in [0.25, 0.3) is 0 Å². The summed E-state index contributed by atoms with van der Waals surface area (Å²) < 4.78 is 25.6. The van der Waals surface area contributed by atoms with Gasteiger partial charge >= 0.3 is 0 Å². The summed E-state index contributed by atoms with van der Waals surface area (Å²) in [6, 6.07) is 1.64. The number of nitrogens with zero attached hydrogens (tertiary/aromatic N) is 1. The largest absolute Gasteiger partial charge is 0.227 e. The van der Waals surface area contributed by atoms with Crippen LogP contribution in [0.1, 0.15) is 47.0 Å². The van der Waals surface area contributed by atoms with Gasteiger partial charge in [-0.05, 0) is 26.2 Å². The fraction of sp³-hybridized carbons (Fsp3) is 0.909. The molecule has 0 saturated heterocycles. The maximum absolute atomic E-state index is 11.5. The van der Waals surface area contributed by atoms with E-state index >= 15 is 0 Å². The minimum absolute atomic E-state index is 0.0976. The fourth-order valence-corrected chi connectivity index (χ4v) is 2.36. The Morgan fingerprint density at radius 3 is 2.19 bits per heavy atom. The highest BCUT2D eigenvalue weighted by atomic mass is 32.2. The van der Waals surface area contributed by atoms with E-state index in [-0.39, 0.29) is 6.04 Å². The first kappa shape index (κ1) is 15.4. The second-order valence-electron chi connectivity index (χ2n) is 4.66. The molecule has 0 saturated carbocycles. The van der Waals surface area contributed by atoms with Gasteiger partial charge in [-0.15, -0.1) is 0 Å². The van der Waals surface area contributed by atoms with Crippen molar-refractivity contribution in [1.29, 1.82) is 5.26 Å². The standard InChI is InChI=1S/C11H22N2O2S/c1-9(2)6-5-7-10(3)13-16(14,15)11(4)8-12/h9-11,13H,5-7H2,1-4H3. The van der Waals surface area contributed by atoms with Crippen molar-refractivity contribution in [3.05, 3.63) is 0 Å². The third-order valence-corrected chi connectivity index (χ3v) is 4.20. The number of hydrogen-bond acceptors (Lipinski definition) is 3. The highest BCUT2D eigenvalue weighted by molar-refractivity contribution is 7.90. The molecule has 1 N–H and O–H groups in total. The van der Waals surface area contributed by atoms with E-state index in [0.717, 1.165) is 19.3 Å². The van der Waals surface area contributed by atoms with Crippen molar-refractivity contribution in [3.63, 3.8) is 0 Å². The summed E-state index contributed by atoms with van der Waals surface area (Å²) in [7, 11) is -3.47. The Hall–Kier alpha value is -0.600. The van der Waals surface area contributed by atoms with Crippen molar-refractivity contribution in [3.8, 4) is 6.07 Å². The summed E-state index contributed by atoms with van der Waals surface area (Å²) in [5.41, 5.74) is 0.